The summed E-state index contributed by atoms with van der Waals surface area (Å²) in [6, 6.07) is 35.9. The van der Waals surface area contributed by atoms with Gasteiger partial charge < -0.3 is 23.7 Å². The van der Waals surface area contributed by atoms with E-state index in [9.17, 15) is 4.79 Å². The lowest BCUT2D eigenvalue weighted by Crippen LogP contribution is -2.45. The van der Waals surface area contributed by atoms with Gasteiger partial charge >= 0.3 is 5.97 Å². The fourth-order valence-corrected chi connectivity index (χ4v) is 9.47. The van der Waals surface area contributed by atoms with E-state index < -0.39 is 40.4 Å². The molecule has 10 nitrogen and oxygen atoms in total. The number of esters is 1. The summed E-state index contributed by atoms with van der Waals surface area (Å²) in [5.41, 5.74) is 0.728. The Bertz CT molecular complexity index is 2340. The zero-order valence-corrected chi connectivity index (χ0v) is 28.9. The van der Waals surface area contributed by atoms with Gasteiger partial charge in [-0.05, 0) is 82.8 Å². The number of nitrogens with zero attached hydrogens (tertiary/aromatic N) is 1. The number of Topliss-reactive ketones (excluding diaryl/α,β-unsaturated/α-hetero) is 1. The number of carbonyl (C=O) groups excluding carboxylic acids is 4. The average Bonchev–Trinajstić information content (AvgIpc) is 4.02. The van der Waals surface area contributed by atoms with E-state index in [1.165, 1.54) is 6.07 Å². The highest BCUT2D eigenvalue weighted by atomic mass is 16.7. The van der Waals surface area contributed by atoms with Crippen LogP contribution in [0.4, 0.5) is 5.69 Å². The third-order valence-corrected chi connectivity index (χ3v) is 11.4. The Morgan fingerprint density at radius 1 is 0.630 bits per heavy atom. The first-order valence-electron chi connectivity index (χ1n) is 17.8. The fraction of sp³-hybridized carbons (Fsp3) is 0.182. The molecule has 5 aliphatic rings. The summed E-state index contributed by atoms with van der Waals surface area (Å²) in [4.78, 5) is 61.1. The van der Waals surface area contributed by atoms with Crippen LogP contribution in [0, 0.1) is 11.8 Å². The monoisotopic (exact) mass is 717 g/mol. The first-order valence-corrected chi connectivity index (χ1v) is 17.8. The Morgan fingerprint density at radius 2 is 1.13 bits per heavy atom. The predicted molar refractivity (Wildman–Crippen MR) is 195 cm³/mol. The van der Waals surface area contributed by atoms with E-state index in [0.717, 1.165) is 4.90 Å². The number of carbonyl (C=O) groups is 4. The maximum absolute atomic E-state index is 16.3. The molecule has 1 saturated heterocycles. The number of rotatable bonds is 7. The molecule has 5 aromatic carbocycles. The number of hydrogen-bond acceptors (Lipinski definition) is 9. The van der Waals surface area contributed by atoms with E-state index in [1.807, 2.05) is 84.9 Å². The van der Waals surface area contributed by atoms with Crippen LogP contribution in [-0.2, 0) is 30.0 Å². The summed E-state index contributed by atoms with van der Waals surface area (Å²) < 4.78 is 28.4. The number of ether oxygens (including phenoxy) is 5. The number of allylic oxidation sites excluding steroid dienone is 2. The second kappa shape index (κ2) is 11.7. The molecule has 5 aromatic rings. The lowest BCUT2D eigenvalue weighted by Gasteiger charge is -2.39. The maximum atomic E-state index is 16.3. The van der Waals surface area contributed by atoms with Crippen molar-refractivity contribution in [1.82, 2.24) is 0 Å². The number of hydrogen-bond donors (Lipinski definition) is 0. The largest absolute Gasteiger partial charge is 0.462 e. The molecule has 10 rings (SSSR count). The zero-order chi connectivity index (χ0) is 36.8. The molecule has 0 radical (unpaired) electrons. The highest BCUT2D eigenvalue weighted by molar-refractivity contribution is 6.39. The van der Waals surface area contributed by atoms with Gasteiger partial charge in [-0.25, -0.2) is 9.69 Å². The van der Waals surface area contributed by atoms with Crippen molar-refractivity contribution in [2.75, 3.05) is 25.1 Å². The van der Waals surface area contributed by atoms with Crippen LogP contribution in [0.2, 0.25) is 0 Å². The molecule has 2 amide bonds. The maximum Gasteiger partial charge on any atom is 0.338 e. The van der Waals surface area contributed by atoms with E-state index in [4.69, 9.17) is 23.7 Å². The molecular weight excluding hydrogens is 686 g/mol. The minimum Gasteiger partial charge on any atom is -0.462 e. The van der Waals surface area contributed by atoms with Gasteiger partial charge in [0.15, 0.2) is 28.8 Å². The van der Waals surface area contributed by atoms with Crippen LogP contribution in [0.25, 0.3) is 11.1 Å². The molecule has 0 N–H and O–H groups in total. The molecule has 0 unspecified atom stereocenters. The lowest BCUT2D eigenvalue weighted by atomic mass is 9.59. The van der Waals surface area contributed by atoms with Gasteiger partial charge in [-0.15, -0.1) is 0 Å². The van der Waals surface area contributed by atoms with Crippen LogP contribution in [0.1, 0.15) is 39.5 Å². The summed E-state index contributed by atoms with van der Waals surface area (Å²) in [6.45, 7) is 1.95. The predicted octanol–water partition coefficient (Wildman–Crippen LogP) is 6.51. The summed E-state index contributed by atoms with van der Waals surface area (Å²) in [6.07, 6.45) is 0. The van der Waals surface area contributed by atoms with Crippen LogP contribution in [0.3, 0.4) is 0 Å². The van der Waals surface area contributed by atoms with Crippen molar-refractivity contribution in [2.24, 2.45) is 11.8 Å². The van der Waals surface area contributed by atoms with Gasteiger partial charge in [0, 0.05) is 0 Å². The molecule has 2 bridgehead atoms. The van der Waals surface area contributed by atoms with Crippen molar-refractivity contribution in [1.29, 1.82) is 0 Å². The van der Waals surface area contributed by atoms with Crippen molar-refractivity contribution in [3.05, 3.63) is 149 Å². The van der Waals surface area contributed by atoms with E-state index >= 15 is 14.4 Å². The number of fused-ring (bicyclic) bond motifs is 7. The Hall–Kier alpha value is -6.68. The number of benzene rings is 5. The summed E-state index contributed by atoms with van der Waals surface area (Å²) in [5.74, 6) is -2.14. The van der Waals surface area contributed by atoms with Gasteiger partial charge in [-0.2, -0.15) is 0 Å². The van der Waals surface area contributed by atoms with Crippen molar-refractivity contribution < 1.29 is 42.9 Å². The normalized spacial score (nSPS) is 24.4. The highest BCUT2D eigenvalue weighted by Crippen LogP contribution is 2.74. The second-order valence-electron chi connectivity index (χ2n) is 13.8. The van der Waals surface area contributed by atoms with Crippen LogP contribution in [0.15, 0.2) is 121 Å². The molecule has 1 saturated carbocycles. The van der Waals surface area contributed by atoms with Gasteiger partial charge in [0.2, 0.25) is 25.4 Å². The first kappa shape index (κ1) is 32.0. The lowest BCUT2D eigenvalue weighted by molar-refractivity contribution is -0.130. The highest BCUT2D eigenvalue weighted by Gasteiger charge is 2.82. The third-order valence-electron chi connectivity index (χ3n) is 11.4. The number of amides is 2. The molecule has 4 atom stereocenters. The summed E-state index contributed by atoms with van der Waals surface area (Å²) >= 11 is 0. The van der Waals surface area contributed by atoms with Gasteiger partial charge in [0.1, 0.15) is 0 Å². The number of ketones is 1. The minimum absolute atomic E-state index is 0.0427. The van der Waals surface area contributed by atoms with Gasteiger partial charge in [0.05, 0.1) is 40.5 Å². The smallest absolute Gasteiger partial charge is 0.338 e. The SMILES string of the molecule is CCOC(=O)c1cccc(N2C(=O)[C@@H]3[C@@H](C2=O)[C@@]2(c4ccccc4)C(=O)[C@@]3(c3ccccc3)C(c3ccc4c(c3)OCO4)=C2c2ccc3c(c2)OCO3)c1. The Kier molecular flexibility index (Phi) is 6.91. The molecule has 0 aromatic heterocycles. The average molecular weight is 718 g/mol. The summed E-state index contributed by atoms with van der Waals surface area (Å²) in [5, 5.41) is 0. The van der Waals surface area contributed by atoms with Crippen molar-refractivity contribution in [2.45, 2.75) is 17.8 Å². The van der Waals surface area contributed by atoms with Crippen molar-refractivity contribution in [3.8, 4) is 23.0 Å². The molecule has 3 heterocycles. The molecule has 2 fully saturated rings. The molecule has 10 heteroatoms. The molecule has 54 heavy (non-hydrogen) atoms. The van der Waals surface area contributed by atoms with Crippen LogP contribution < -0.4 is 23.8 Å². The molecule has 3 aliphatic heterocycles. The molecular formula is C44H31NO9. The Balaban J connectivity index is 1.32. The zero-order valence-electron chi connectivity index (χ0n) is 28.9. The Morgan fingerprint density at radius 3 is 1.63 bits per heavy atom. The minimum atomic E-state index is -1.65. The first-order chi connectivity index (χ1) is 26.4. The van der Waals surface area contributed by atoms with Crippen LogP contribution in [-0.4, -0.2) is 43.8 Å². The molecule has 266 valence electrons. The Labute approximate surface area is 309 Å². The van der Waals surface area contributed by atoms with Crippen molar-refractivity contribution in [3.63, 3.8) is 0 Å². The van der Waals surface area contributed by atoms with E-state index in [1.54, 1.807) is 37.3 Å². The standard InChI is InChI=1S/C44H31NO9/c1-2-50-41(48)27-10-9-15-30(20-27)45-39(46)37-38(40(45)47)44(29-13-7-4-8-14-29)36(26-17-19-32-34(22-26)54-24-52-32)35(25-16-18-31-33(21-25)53-23-51-31)43(37,42(44)49)28-11-5-3-6-12-28/h3-22,37-38H,2,23-24H2,1H3/t37-,38-,43-,44-/m0/s1. The molecule has 0 spiro atoms. The van der Waals surface area contributed by atoms with E-state index in [0.29, 0.717) is 56.4 Å². The quantitative estimate of drug-likeness (QED) is 0.137. The third kappa shape index (κ3) is 4.05. The summed E-state index contributed by atoms with van der Waals surface area (Å²) in [7, 11) is 0. The van der Waals surface area contributed by atoms with Crippen LogP contribution >= 0.6 is 0 Å². The molecule has 2 aliphatic carbocycles. The fourth-order valence-electron chi connectivity index (χ4n) is 9.47. The van der Waals surface area contributed by atoms with Gasteiger partial charge in [-0.3, -0.25) is 14.4 Å². The van der Waals surface area contributed by atoms with Gasteiger partial charge in [-0.1, -0.05) is 78.9 Å². The van der Waals surface area contributed by atoms with Crippen molar-refractivity contribution >= 4 is 40.4 Å². The van der Waals surface area contributed by atoms with Crippen LogP contribution in [0.5, 0.6) is 23.0 Å². The number of imide groups is 1. The van der Waals surface area contributed by atoms with Gasteiger partial charge in [0.25, 0.3) is 0 Å². The van der Waals surface area contributed by atoms with E-state index in [-0.39, 0.29) is 37.2 Å². The number of anilines is 1. The topological polar surface area (TPSA) is 118 Å². The second-order valence-corrected chi connectivity index (χ2v) is 13.8. The van der Waals surface area contributed by atoms with E-state index in [2.05, 4.69) is 0 Å².